The average molecular weight is 392 g/mol. The van der Waals surface area contributed by atoms with E-state index in [-0.39, 0.29) is 11.6 Å². The predicted octanol–water partition coefficient (Wildman–Crippen LogP) is 3.64. The minimum Gasteiger partial charge on any atom is -0.494 e. The van der Waals surface area contributed by atoms with Gasteiger partial charge in [-0.1, -0.05) is 0 Å². The molecular weight excluding hydrogens is 372 g/mol. The van der Waals surface area contributed by atoms with Crippen LogP contribution in [-0.4, -0.2) is 35.7 Å². The van der Waals surface area contributed by atoms with Crippen LogP contribution in [0.3, 0.4) is 0 Å². The van der Waals surface area contributed by atoms with E-state index in [1.54, 1.807) is 18.2 Å². The topological polar surface area (TPSA) is 94.6 Å². The van der Waals surface area contributed by atoms with Gasteiger partial charge < -0.3 is 24.8 Å². The maximum Gasteiger partial charge on any atom is 0.275 e. The SMILES string of the molecule is CCOc1ccc(Nc2cnc(C(=O)Nc3ccc4c(c3)OCCO4)cn2)cc1. The van der Waals surface area contributed by atoms with Crippen LogP contribution in [0.4, 0.5) is 17.2 Å². The smallest absolute Gasteiger partial charge is 0.275 e. The van der Waals surface area contributed by atoms with E-state index in [9.17, 15) is 4.79 Å². The maximum absolute atomic E-state index is 12.4. The molecule has 3 aromatic rings. The summed E-state index contributed by atoms with van der Waals surface area (Å²) in [5, 5.41) is 5.92. The van der Waals surface area contributed by atoms with Gasteiger partial charge in [0.2, 0.25) is 0 Å². The van der Waals surface area contributed by atoms with E-state index < -0.39 is 0 Å². The number of nitrogens with one attached hydrogen (secondary N) is 2. The molecule has 0 saturated carbocycles. The summed E-state index contributed by atoms with van der Waals surface area (Å²) in [6, 6.07) is 12.7. The van der Waals surface area contributed by atoms with Gasteiger partial charge in [0.05, 0.1) is 19.0 Å². The Morgan fingerprint density at radius 3 is 2.48 bits per heavy atom. The second kappa shape index (κ2) is 8.47. The van der Waals surface area contributed by atoms with Gasteiger partial charge in [0.25, 0.3) is 5.91 Å². The van der Waals surface area contributed by atoms with E-state index in [4.69, 9.17) is 14.2 Å². The van der Waals surface area contributed by atoms with Crippen LogP contribution in [0.15, 0.2) is 54.9 Å². The van der Waals surface area contributed by atoms with Gasteiger partial charge in [-0.2, -0.15) is 0 Å². The lowest BCUT2D eigenvalue weighted by Gasteiger charge is -2.18. The zero-order valence-electron chi connectivity index (χ0n) is 15.8. The molecule has 1 aliphatic rings. The van der Waals surface area contributed by atoms with Crippen molar-refractivity contribution in [3.05, 3.63) is 60.6 Å². The molecule has 1 aromatic heterocycles. The van der Waals surface area contributed by atoms with E-state index >= 15 is 0 Å². The molecule has 148 valence electrons. The molecule has 0 bridgehead atoms. The number of rotatable bonds is 6. The van der Waals surface area contributed by atoms with Crippen molar-refractivity contribution in [3.8, 4) is 17.2 Å². The highest BCUT2D eigenvalue weighted by molar-refractivity contribution is 6.02. The summed E-state index contributed by atoms with van der Waals surface area (Å²) in [6.45, 7) is 3.56. The van der Waals surface area contributed by atoms with Crippen LogP contribution in [0.5, 0.6) is 17.2 Å². The molecule has 1 amide bonds. The fourth-order valence-corrected chi connectivity index (χ4v) is 2.78. The Kier molecular flexibility index (Phi) is 5.42. The van der Waals surface area contributed by atoms with E-state index in [0.29, 0.717) is 42.8 Å². The number of amides is 1. The summed E-state index contributed by atoms with van der Waals surface area (Å²) in [6.07, 6.45) is 2.93. The lowest BCUT2D eigenvalue weighted by Crippen LogP contribution is -2.17. The summed E-state index contributed by atoms with van der Waals surface area (Å²) in [5.74, 6) is 2.25. The zero-order chi connectivity index (χ0) is 20.1. The van der Waals surface area contributed by atoms with Crippen molar-refractivity contribution in [2.45, 2.75) is 6.92 Å². The minimum absolute atomic E-state index is 0.206. The number of benzene rings is 2. The van der Waals surface area contributed by atoms with Crippen LogP contribution in [0.25, 0.3) is 0 Å². The van der Waals surface area contributed by atoms with Crippen molar-refractivity contribution < 1.29 is 19.0 Å². The fraction of sp³-hybridized carbons (Fsp3) is 0.190. The summed E-state index contributed by atoms with van der Waals surface area (Å²) in [7, 11) is 0. The standard InChI is InChI=1S/C21H20N4O4/c1-2-27-16-6-3-14(4-7-16)24-20-13-22-17(12-23-20)21(26)25-15-5-8-18-19(11-15)29-10-9-28-18/h3-8,11-13H,2,9-10H2,1H3,(H,23,24)(H,25,26). The third-order valence-corrected chi connectivity index (χ3v) is 4.12. The highest BCUT2D eigenvalue weighted by Crippen LogP contribution is 2.32. The Hall–Kier alpha value is -3.81. The van der Waals surface area contributed by atoms with Crippen LogP contribution < -0.4 is 24.8 Å². The molecule has 0 saturated heterocycles. The van der Waals surface area contributed by atoms with Crippen LogP contribution in [-0.2, 0) is 0 Å². The van der Waals surface area contributed by atoms with Gasteiger partial charge >= 0.3 is 0 Å². The largest absolute Gasteiger partial charge is 0.494 e. The molecule has 0 radical (unpaired) electrons. The highest BCUT2D eigenvalue weighted by Gasteiger charge is 2.14. The molecule has 0 unspecified atom stereocenters. The second-order valence-corrected chi connectivity index (χ2v) is 6.18. The summed E-state index contributed by atoms with van der Waals surface area (Å²) < 4.78 is 16.4. The number of carbonyl (C=O) groups excluding carboxylic acids is 1. The number of aromatic nitrogens is 2. The summed E-state index contributed by atoms with van der Waals surface area (Å²) >= 11 is 0. The number of anilines is 3. The van der Waals surface area contributed by atoms with Gasteiger partial charge in [-0.15, -0.1) is 0 Å². The minimum atomic E-state index is -0.359. The lowest BCUT2D eigenvalue weighted by atomic mass is 10.2. The van der Waals surface area contributed by atoms with Crippen LogP contribution in [0.1, 0.15) is 17.4 Å². The predicted molar refractivity (Wildman–Crippen MR) is 108 cm³/mol. The third kappa shape index (κ3) is 4.55. The van der Waals surface area contributed by atoms with Crippen molar-refractivity contribution in [2.75, 3.05) is 30.5 Å². The van der Waals surface area contributed by atoms with Crippen LogP contribution in [0.2, 0.25) is 0 Å². The molecule has 2 aromatic carbocycles. The van der Waals surface area contributed by atoms with E-state index in [1.807, 2.05) is 31.2 Å². The molecule has 8 heteroatoms. The highest BCUT2D eigenvalue weighted by atomic mass is 16.6. The Labute approximate surface area is 167 Å². The lowest BCUT2D eigenvalue weighted by molar-refractivity contribution is 0.102. The molecule has 0 spiro atoms. The molecule has 0 aliphatic carbocycles. The summed E-state index contributed by atoms with van der Waals surface area (Å²) in [5.41, 5.74) is 1.64. The number of carbonyl (C=O) groups is 1. The molecule has 0 atom stereocenters. The monoisotopic (exact) mass is 392 g/mol. The zero-order valence-corrected chi connectivity index (χ0v) is 15.8. The normalized spacial score (nSPS) is 12.2. The Morgan fingerprint density at radius 1 is 1.00 bits per heavy atom. The van der Waals surface area contributed by atoms with E-state index in [0.717, 1.165) is 11.4 Å². The van der Waals surface area contributed by atoms with Gasteiger partial charge in [-0.25, -0.2) is 9.97 Å². The van der Waals surface area contributed by atoms with Crippen LogP contribution >= 0.6 is 0 Å². The maximum atomic E-state index is 12.4. The van der Waals surface area contributed by atoms with Gasteiger partial charge in [0.1, 0.15) is 30.5 Å². The summed E-state index contributed by atoms with van der Waals surface area (Å²) in [4.78, 5) is 20.9. The molecule has 0 fully saturated rings. The van der Waals surface area contributed by atoms with Crippen molar-refractivity contribution >= 4 is 23.1 Å². The van der Waals surface area contributed by atoms with Crippen molar-refractivity contribution in [3.63, 3.8) is 0 Å². The van der Waals surface area contributed by atoms with Crippen molar-refractivity contribution in [1.29, 1.82) is 0 Å². The molecule has 2 N–H and O–H groups in total. The van der Waals surface area contributed by atoms with E-state index in [1.165, 1.54) is 12.4 Å². The molecule has 29 heavy (non-hydrogen) atoms. The Bertz CT molecular complexity index is 991. The Morgan fingerprint density at radius 2 is 1.76 bits per heavy atom. The quantitative estimate of drug-likeness (QED) is 0.661. The molecule has 2 heterocycles. The first-order chi connectivity index (χ1) is 14.2. The number of ether oxygens (including phenoxy) is 3. The molecule has 4 rings (SSSR count). The number of nitrogens with zero attached hydrogens (tertiary/aromatic N) is 2. The average Bonchev–Trinajstić information content (AvgIpc) is 2.76. The number of hydrogen-bond acceptors (Lipinski definition) is 7. The number of fused-ring (bicyclic) bond motifs is 1. The first-order valence-corrected chi connectivity index (χ1v) is 9.24. The van der Waals surface area contributed by atoms with Gasteiger partial charge in [0, 0.05) is 17.4 Å². The first kappa shape index (κ1) is 18.5. The van der Waals surface area contributed by atoms with Gasteiger partial charge in [-0.3, -0.25) is 4.79 Å². The van der Waals surface area contributed by atoms with Crippen molar-refractivity contribution in [1.82, 2.24) is 9.97 Å². The third-order valence-electron chi connectivity index (χ3n) is 4.12. The first-order valence-electron chi connectivity index (χ1n) is 9.24. The second-order valence-electron chi connectivity index (χ2n) is 6.18. The Balaban J connectivity index is 1.38. The van der Waals surface area contributed by atoms with Gasteiger partial charge in [0.15, 0.2) is 11.5 Å². The molecule has 1 aliphatic heterocycles. The van der Waals surface area contributed by atoms with Crippen LogP contribution in [0, 0.1) is 0 Å². The van der Waals surface area contributed by atoms with Gasteiger partial charge in [-0.05, 0) is 43.3 Å². The van der Waals surface area contributed by atoms with Crippen molar-refractivity contribution in [2.24, 2.45) is 0 Å². The molecule has 8 nitrogen and oxygen atoms in total. The van der Waals surface area contributed by atoms with E-state index in [2.05, 4.69) is 20.6 Å². The number of hydrogen-bond donors (Lipinski definition) is 2. The fourth-order valence-electron chi connectivity index (χ4n) is 2.78. The molecular formula is C21H20N4O4.